The molecule has 3 nitrogen and oxygen atoms in total. The van der Waals surface area contributed by atoms with E-state index >= 15 is 0 Å². The molecule has 1 aliphatic rings. The van der Waals surface area contributed by atoms with E-state index < -0.39 is 0 Å². The lowest BCUT2D eigenvalue weighted by atomic mass is 9.81. The van der Waals surface area contributed by atoms with Crippen LogP contribution in [0.15, 0.2) is 18.2 Å². The van der Waals surface area contributed by atoms with Gasteiger partial charge in [0.15, 0.2) is 0 Å². The number of nitrogens with two attached hydrogens (primary N) is 1. The first-order chi connectivity index (χ1) is 10.2. The van der Waals surface area contributed by atoms with Gasteiger partial charge < -0.3 is 15.6 Å². The first kappa shape index (κ1) is 16.3. The Morgan fingerprint density at radius 3 is 2.48 bits per heavy atom. The highest BCUT2D eigenvalue weighted by Gasteiger charge is 2.30. The van der Waals surface area contributed by atoms with Gasteiger partial charge >= 0.3 is 0 Å². The molecular weight excluding hydrogens is 262 g/mol. The molecule has 2 atom stereocenters. The lowest BCUT2D eigenvalue weighted by Crippen LogP contribution is -2.32. The molecule has 0 spiro atoms. The third kappa shape index (κ3) is 3.98. The molecule has 0 aliphatic heterocycles. The molecule has 0 bridgehead atoms. The number of rotatable bonds is 5. The van der Waals surface area contributed by atoms with E-state index in [2.05, 4.69) is 13.0 Å². The zero-order valence-electron chi connectivity index (χ0n) is 13.3. The van der Waals surface area contributed by atoms with Crippen molar-refractivity contribution < 1.29 is 9.84 Å². The van der Waals surface area contributed by atoms with Crippen LogP contribution in [-0.2, 0) is 0 Å². The van der Waals surface area contributed by atoms with Gasteiger partial charge in [-0.2, -0.15) is 0 Å². The van der Waals surface area contributed by atoms with Crippen molar-refractivity contribution in [1.29, 1.82) is 0 Å². The fourth-order valence-corrected chi connectivity index (χ4v) is 3.57. The highest BCUT2D eigenvalue weighted by Crippen LogP contribution is 2.36. The number of aryl methyl sites for hydroxylation is 1. The number of aliphatic hydroxyl groups is 1. The van der Waals surface area contributed by atoms with E-state index in [1.165, 1.54) is 31.2 Å². The quantitative estimate of drug-likeness (QED) is 0.818. The monoisotopic (exact) mass is 291 g/mol. The van der Waals surface area contributed by atoms with Gasteiger partial charge in [0.25, 0.3) is 0 Å². The van der Waals surface area contributed by atoms with Crippen LogP contribution in [0.4, 0.5) is 0 Å². The molecule has 0 aromatic heterocycles. The summed E-state index contributed by atoms with van der Waals surface area (Å²) in [6.07, 6.45) is 6.91. The lowest BCUT2D eigenvalue weighted by molar-refractivity contribution is 0.0733. The van der Waals surface area contributed by atoms with E-state index in [-0.39, 0.29) is 12.0 Å². The number of aliphatic hydroxyl groups excluding tert-OH is 1. The summed E-state index contributed by atoms with van der Waals surface area (Å²) in [6, 6.07) is 6.12. The Bertz CT molecular complexity index is 439. The molecule has 1 aromatic carbocycles. The summed E-state index contributed by atoms with van der Waals surface area (Å²) in [6.45, 7) is 2.52. The smallest absolute Gasteiger partial charge is 0.122 e. The Morgan fingerprint density at radius 1 is 1.24 bits per heavy atom. The van der Waals surface area contributed by atoms with E-state index in [1.54, 1.807) is 7.11 Å². The second kappa shape index (κ2) is 7.81. The molecule has 0 radical (unpaired) electrons. The molecule has 0 amide bonds. The van der Waals surface area contributed by atoms with Gasteiger partial charge in [-0.05, 0) is 31.7 Å². The molecule has 0 heterocycles. The van der Waals surface area contributed by atoms with E-state index in [4.69, 9.17) is 10.5 Å². The predicted molar refractivity (Wildman–Crippen MR) is 86.7 cm³/mol. The van der Waals surface area contributed by atoms with Gasteiger partial charge in [-0.15, -0.1) is 0 Å². The van der Waals surface area contributed by atoms with Crippen molar-refractivity contribution in [2.45, 2.75) is 57.5 Å². The fraction of sp³-hybridized carbons (Fsp3) is 0.667. The molecule has 2 rings (SSSR count). The third-order valence-corrected chi connectivity index (χ3v) is 4.83. The van der Waals surface area contributed by atoms with Gasteiger partial charge in [-0.3, -0.25) is 0 Å². The van der Waals surface area contributed by atoms with Crippen LogP contribution in [0.2, 0.25) is 0 Å². The molecule has 0 saturated heterocycles. The highest BCUT2D eigenvalue weighted by atomic mass is 16.5. The van der Waals surface area contributed by atoms with E-state index in [1.807, 2.05) is 12.1 Å². The summed E-state index contributed by atoms with van der Waals surface area (Å²) in [5.74, 6) is 1.16. The largest absolute Gasteiger partial charge is 0.496 e. The maximum atomic E-state index is 10.9. The molecule has 1 fully saturated rings. The Kier molecular flexibility index (Phi) is 6.07. The molecule has 21 heavy (non-hydrogen) atoms. The second-order valence-corrected chi connectivity index (χ2v) is 6.33. The summed E-state index contributed by atoms with van der Waals surface area (Å²) in [7, 11) is 1.68. The van der Waals surface area contributed by atoms with Crippen molar-refractivity contribution in [3.63, 3.8) is 0 Å². The van der Waals surface area contributed by atoms with Crippen LogP contribution in [0, 0.1) is 12.8 Å². The predicted octanol–water partition coefficient (Wildman–Crippen LogP) is 3.38. The van der Waals surface area contributed by atoms with Crippen molar-refractivity contribution in [2.24, 2.45) is 11.7 Å². The minimum absolute atomic E-state index is 0.0389. The number of methoxy groups -OCH3 is 1. The first-order valence-corrected chi connectivity index (χ1v) is 8.20. The summed E-state index contributed by atoms with van der Waals surface area (Å²) >= 11 is 0. The van der Waals surface area contributed by atoms with Gasteiger partial charge in [0.1, 0.15) is 5.75 Å². The summed E-state index contributed by atoms with van der Waals surface area (Å²) in [5.41, 5.74) is 8.24. The van der Waals surface area contributed by atoms with Gasteiger partial charge in [0, 0.05) is 18.0 Å². The molecule has 3 N–H and O–H groups in total. The van der Waals surface area contributed by atoms with Gasteiger partial charge in [-0.1, -0.05) is 43.4 Å². The summed E-state index contributed by atoms with van der Waals surface area (Å²) < 4.78 is 5.48. The van der Waals surface area contributed by atoms with Crippen molar-refractivity contribution in [2.75, 3.05) is 13.7 Å². The molecule has 1 saturated carbocycles. The fourth-order valence-electron chi connectivity index (χ4n) is 3.57. The molecular formula is C18H29NO2. The minimum Gasteiger partial charge on any atom is -0.496 e. The standard InChI is InChI=1S/C18H29NO2/c1-13-9-10-17(21-2)15(11-13)16(12-19)18(20)14-7-5-3-4-6-8-14/h9-11,14,16,18,20H,3-8,12,19H2,1-2H3. The zero-order valence-corrected chi connectivity index (χ0v) is 13.3. The summed E-state index contributed by atoms with van der Waals surface area (Å²) in [5, 5.41) is 10.9. The number of ether oxygens (including phenoxy) is 1. The van der Waals surface area contributed by atoms with Crippen LogP contribution in [0.5, 0.6) is 5.75 Å². The number of benzene rings is 1. The van der Waals surface area contributed by atoms with Crippen molar-refractivity contribution in [3.05, 3.63) is 29.3 Å². The highest BCUT2D eigenvalue weighted by molar-refractivity contribution is 5.40. The number of hydrogen-bond acceptors (Lipinski definition) is 3. The SMILES string of the molecule is COc1ccc(C)cc1C(CN)C(O)C1CCCCCC1. The summed E-state index contributed by atoms with van der Waals surface area (Å²) in [4.78, 5) is 0. The van der Waals surface area contributed by atoms with E-state index in [0.29, 0.717) is 12.5 Å². The van der Waals surface area contributed by atoms with Crippen LogP contribution >= 0.6 is 0 Å². The second-order valence-electron chi connectivity index (χ2n) is 6.33. The Labute approximate surface area is 128 Å². The Morgan fingerprint density at radius 2 is 1.90 bits per heavy atom. The average molecular weight is 291 g/mol. The zero-order chi connectivity index (χ0) is 15.2. The van der Waals surface area contributed by atoms with Crippen LogP contribution in [-0.4, -0.2) is 24.9 Å². The topological polar surface area (TPSA) is 55.5 Å². The maximum absolute atomic E-state index is 10.9. The lowest BCUT2D eigenvalue weighted by Gasteiger charge is -2.30. The molecule has 2 unspecified atom stereocenters. The molecule has 118 valence electrons. The van der Waals surface area contributed by atoms with E-state index in [0.717, 1.165) is 24.2 Å². The maximum Gasteiger partial charge on any atom is 0.122 e. The molecule has 1 aliphatic carbocycles. The minimum atomic E-state index is -0.371. The van der Waals surface area contributed by atoms with Crippen LogP contribution in [0.3, 0.4) is 0 Å². The Balaban J connectivity index is 2.23. The third-order valence-electron chi connectivity index (χ3n) is 4.83. The number of hydrogen-bond donors (Lipinski definition) is 2. The first-order valence-electron chi connectivity index (χ1n) is 8.20. The Hall–Kier alpha value is -1.06. The van der Waals surface area contributed by atoms with Crippen molar-refractivity contribution in [3.8, 4) is 5.75 Å². The van der Waals surface area contributed by atoms with Gasteiger partial charge in [0.2, 0.25) is 0 Å². The van der Waals surface area contributed by atoms with Crippen LogP contribution in [0.25, 0.3) is 0 Å². The van der Waals surface area contributed by atoms with Crippen molar-refractivity contribution in [1.82, 2.24) is 0 Å². The average Bonchev–Trinajstić information content (AvgIpc) is 2.77. The normalized spacial score (nSPS) is 19.8. The molecule has 3 heteroatoms. The van der Waals surface area contributed by atoms with Crippen LogP contribution < -0.4 is 10.5 Å². The van der Waals surface area contributed by atoms with Crippen molar-refractivity contribution >= 4 is 0 Å². The molecule has 1 aromatic rings. The van der Waals surface area contributed by atoms with Gasteiger partial charge in [0.05, 0.1) is 13.2 Å². The van der Waals surface area contributed by atoms with Gasteiger partial charge in [-0.25, -0.2) is 0 Å². The van der Waals surface area contributed by atoms with E-state index in [9.17, 15) is 5.11 Å². The van der Waals surface area contributed by atoms with Crippen LogP contribution in [0.1, 0.15) is 55.6 Å².